The maximum atomic E-state index is 12.0. The van der Waals surface area contributed by atoms with E-state index in [1.165, 1.54) is 6.07 Å². The van der Waals surface area contributed by atoms with Gasteiger partial charge in [-0.3, -0.25) is 10.6 Å². The van der Waals surface area contributed by atoms with Crippen LogP contribution in [-0.2, 0) is 10.0 Å². The number of nitrogens with two attached hydrogens (primary N) is 1. The fraction of sp³-hybridized carbons (Fsp3) is 0. The topological polar surface area (TPSA) is 123 Å². The van der Waals surface area contributed by atoms with E-state index in [0.29, 0.717) is 0 Å². The Morgan fingerprint density at radius 3 is 2.71 bits per heavy atom. The van der Waals surface area contributed by atoms with E-state index >= 15 is 0 Å². The number of sulfonamides is 1. The van der Waals surface area contributed by atoms with Gasteiger partial charge in [-0.25, -0.2) is 8.42 Å². The summed E-state index contributed by atoms with van der Waals surface area (Å²) in [5.74, 6) is 5.24. The molecule has 90 valence electrons. The Morgan fingerprint density at radius 1 is 1.29 bits per heavy atom. The van der Waals surface area contributed by atoms with Crippen molar-refractivity contribution >= 4 is 32.4 Å². The summed E-state index contributed by atoms with van der Waals surface area (Å²) in [6.07, 6.45) is 0. The zero-order valence-corrected chi connectivity index (χ0v) is 9.99. The lowest BCUT2D eigenvalue weighted by molar-refractivity contribution is 0.601. The minimum atomic E-state index is -3.75. The maximum absolute atomic E-state index is 12.0. The molecule has 0 aliphatic heterocycles. The first kappa shape index (κ1) is 11.7. The Bertz CT molecular complexity index is 597. The summed E-state index contributed by atoms with van der Waals surface area (Å²) in [6.45, 7) is 0. The van der Waals surface area contributed by atoms with Crippen LogP contribution in [0.25, 0.3) is 0 Å². The third kappa shape index (κ3) is 2.49. The minimum Gasteiger partial charge on any atom is -0.323 e. The molecule has 1 aromatic heterocycles. The molecule has 0 bridgehead atoms. The van der Waals surface area contributed by atoms with Gasteiger partial charge in [0.2, 0.25) is 5.13 Å². The Morgan fingerprint density at radius 2 is 2.06 bits per heavy atom. The first-order chi connectivity index (χ1) is 8.13. The van der Waals surface area contributed by atoms with Gasteiger partial charge in [-0.2, -0.15) is 0 Å². The number of hydrogen-bond donors (Lipinski definition) is 3. The van der Waals surface area contributed by atoms with Crippen LogP contribution in [0.2, 0.25) is 0 Å². The first-order valence-corrected chi connectivity index (χ1v) is 6.62. The van der Waals surface area contributed by atoms with Crippen LogP contribution in [-0.4, -0.2) is 23.2 Å². The van der Waals surface area contributed by atoms with Gasteiger partial charge >= 0.3 is 0 Å². The van der Waals surface area contributed by atoms with Crippen LogP contribution in [0.3, 0.4) is 0 Å². The van der Waals surface area contributed by atoms with E-state index in [0.717, 1.165) is 11.5 Å². The first-order valence-electron chi connectivity index (χ1n) is 4.37. The highest BCUT2D eigenvalue weighted by molar-refractivity contribution is 7.93. The number of nitrogens with zero attached hydrogens (tertiary/aromatic N) is 3. The predicted octanol–water partition coefficient (Wildman–Crippen LogP) is 0.0195. The molecule has 10 heteroatoms. The van der Waals surface area contributed by atoms with Crippen molar-refractivity contribution in [2.24, 2.45) is 5.84 Å². The quantitative estimate of drug-likeness (QED) is 0.529. The molecule has 1 aromatic carbocycles. The van der Waals surface area contributed by atoms with Gasteiger partial charge in [0.05, 0.1) is 5.69 Å². The molecular formula is C7H8N6O2S2. The summed E-state index contributed by atoms with van der Waals surface area (Å²) in [5.41, 5.74) is 2.60. The van der Waals surface area contributed by atoms with Gasteiger partial charge in [-0.1, -0.05) is 21.7 Å². The van der Waals surface area contributed by atoms with Crippen molar-refractivity contribution in [2.75, 3.05) is 10.1 Å². The zero-order valence-electron chi connectivity index (χ0n) is 8.36. The van der Waals surface area contributed by atoms with Crippen LogP contribution in [0.5, 0.6) is 0 Å². The number of para-hydroxylation sites is 1. The standard InChI is InChI=1S/C7H8N6O2S2/c8-9-5-3-1-2-4-6(5)17(14,15)11-7-10-12-13-16-7/h1-4,9H,8H2,(H,10,11,13). The predicted molar refractivity (Wildman–Crippen MR) is 62.8 cm³/mol. The summed E-state index contributed by atoms with van der Waals surface area (Å²) in [7, 11) is -3.75. The summed E-state index contributed by atoms with van der Waals surface area (Å²) in [4.78, 5) is 0.0256. The van der Waals surface area contributed by atoms with E-state index in [1.807, 2.05) is 0 Å². The average Bonchev–Trinajstić information content (AvgIpc) is 2.81. The molecule has 0 spiro atoms. The summed E-state index contributed by atoms with van der Waals surface area (Å²) >= 11 is 0.844. The molecule has 0 fully saturated rings. The van der Waals surface area contributed by atoms with Crippen LogP contribution in [0, 0.1) is 0 Å². The molecule has 0 amide bonds. The van der Waals surface area contributed by atoms with Crippen molar-refractivity contribution in [1.82, 2.24) is 14.8 Å². The molecular weight excluding hydrogens is 264 g/mol. The van der Waals surface area contributed by atoms with Gasteiger partial charge < -0.3 is 5.43 Å². The fourth-order valence-corrected chi connectivity index (χ4v) is 2.92. The number of benzene rings is 1. The van der Waals surface area contributed by atoms with Crippen LogP contribution < -0.4 is 16.0 Å². The normalized spacial score (nSPS) is 11.1. The number of nitrogens with one attached hydrogen (secondary N) is 2. The van der Waals surface area contributed by atoms with Crippen LogP contribution in [0.15, 0.2) is 29.2 Å². The molecule has 0 radical (unpaired) electrons. The number of anilines is 2. The lowest BCUT2D eigenvalue weighted by Gasteiger charge is -2.09. The minimum absolute atomic E-state index is 0.0256. The molecule has 0 aliphatic carbocycles. The smallest absolute Gasteiger partial charge is 0.265 e. The van der Waals surface area contributed by atoms with E-state index in [-0.39, 0.29) is 15.7 Å². The molecule has 8 nitrogen and oxygen atoms in total. The highest BCUT2D eigenvalue weighted by atomic mass is 32.2. The SMILES string of the molecule is NNc1ccccc1S(=O)(=O)Nc1nnns1. The summed E-state index contributed by atoms with van der Waals surface area (Å²) in [6, 6.07) is 6.23. The van der Waals surface area contributed by atoms with Crippen molar-refractivity contribution in [1.29, 1.82) is 0 Å². The zero-order chi connectivity index (χ0) is 12.3. The second-order valence-corrected chi connectivity index (χ2v) is 5.30. The Balaban J connectivity index is 2.38. The largest absolute Gasteiger partial charge is 0.323 e. The Kier molecular flexibility index (Phi) is 3.17. The van der Waals surface area contributed by atoms with Crippen molar-refractivity contribution in [2.45, 2.75) is 4.90 Å². The molecule has 4 N–H and O–H groups in total. The van der Waals surface area contributed by atoms with E-state index in [4.69, 9.17) is 5.84 Å². The van der Waals surface area contributed by atoms with Crippen LogP contribution >= 0.6 is 11.5 Å². The maximum Gasteiger partial charge on any atom is 0.265 e. The molecule has 17 heavy (non-hydrogen) atoms. The third-order valence-corrected chi connectivity index (χ3v) is 3.89. The van der Waals surface area contributed by atoms with E-state index in [9.17, 15) is 8.42 Å². The number of hydrazine groups is 1. The van der Waals surface area contributed by atoms with Gasteiger partial charge in [0.1, 0.15) is 4.90 Å². The Hall–Kier alpha value is -1.78. The Labute approximate surface area is 101 Å². The average molecular weight is 272 g/mol. The highest BCUT2D eigenvalue weighted by Gasteiger charge is 2.19. The molecule has 0 aliphatic rings. The van der Waals surface area contributed by atoms with E-state index < -0.39 is 10.0 Å². The second kappa shape index (κ2) is 4.61. The molecule has 0 saturated carbocycles. The second-order valence-electron chi connectivity index (χ2n) is 2.91. The molecule has 0 saturated heterocycles. The lowest BCUT2D eigenvalue weighted by atomic mass is 10.3. The van der Waals surface area contributed by atoms with Gasteiger partial charge in [-0.15, -0.1) is 0 Å². The van der Waals surface area contributed by atoms with Gasteiger partial charge in [0.25, 0.3) is 10.0 Å². The van der Waals surface area contributed by atoms with Crippen molar-refractivity contribution in [3.8, 4) is 0 Å². The number of rotatable bonds is 4. The number of nitrogen functional groups attached to an aromatic ring is 1. The van der Waals surface area contributed by atoms with Crippen molar-refractivity contribution in [3.63, 3.8) is 0 Å². The van der Waals surface area contributed by atoms with E-state index in [2.05, 4.69) is 24.9 Å². The fourth-order valence-electron chi connectivity index (χ4n) is 1.16. The highest BCUT2D eigenvalue weighted by Crippen LogP contribution is 2.22. The van der Waals surface area contributed by atoms with Gasteiger partial charge in [0.15, 0.2) is 0 Å². The number of aromatic nitrogens is 3. The molecule has 1 heterocycles. The molecule has 0 unspecified atom stereocenters. The van der Waals surface area contributed by atoms with Crippen molar-refractivity contribution in [3.05, 3.63) is 24.3 Å². The van der Waals surface area contributed by atoms with Crippen molar-refractivity contribution < 1.29 is 8.42 Å². The van der Waals surface area contributed by atoms with Gasteiger partial charge in [0, 0.05) is 11.5 Å². The molecule has 0 atom stereocenters. The third-order valence-electron chi connectivity index (χ3n) is 1.85. The number of hydrogen-bond acceptors (Lipinski definition) is 8. The molecule has 2 aromatic rings. The summed E-state index contributed by atoms with van der Waals surface area (Å²) in [5, 5.41) is 6.89. The van der Waals surface area contributed by atoms with Crippen LogP contribution in [0.1, 0.15) is 0 Å². The lowest BCUT2D eigenvalue weighted by Crippen LogP contribution is -2.17. The monoisotopic (exact) mass is 272 g/mol. The van der Waals surface area contributed by atoms with Crippen LogP contribution in [0.4, 0.5) is 10.8 Å². The van der Waals surface area contributed by atoms with E-state index in [1.54, 1.807) is 18.2 Å². The van der Waals surface area contributed by atoms with Gasteiger partial charge in [-0.05, 0) is 17.3 Å². The summed E-state index contributed by atoms with van der Waals surface area (Å²) < 4.78 is 29.7. The molecule has 2 rings (SSSR count).